The zero-order valence-electron chi connectivity index (χ0n) is 18.1. The van der Waals surface area contributed by atoms with E-state index in [2.05, 4.69) is 5.32 Å². The van der Waals surface area contributed by atoms with Gasteiger partial charge in [0.1, 0.15) is 5.75 Å². The molecule has 6 nitrogen and oxygen atoms in total. The SMILES string of the molecule is CC(C)Oc1ccc(C(=O)Nc2ccc3c(c2)CCCN3S(=O)(=O)c2ccccc2)cc1. The molecule has 1 amide bonds. The van der Waals surface area contributed by atoms with E-state index in [9.17, 15) is 13.2 Å². The van der Waals surface area contributed by atoms with Crippen molar-refractivity contribution in [2.24, 2.45) is 0 Å². The molecule has 1 heterocycles. The first-order chi connectivity index (χ1) is 15.3. The molecule has 3 aromatic carbocycles. The number of anilines is 2. The Bertz CT molecular complexity index is 1210. The highest BCUT2D eigenvalue weighted by molar-refractivity contribution is 7.92. The average Bonchev–Trinajstić information content (AvgIpc) is 2.79. The van der Waals surface area contributed by atoms with E-state index >= 15 is 0 Å². The minimum absolute atomic E-state index is 0.0652. The molecule has 0 saturated carbocycles. The maximum absolute atomic E-state index is 13.1. The van der Waals surface area contributed by atoms with Crippen LogP contribution in [0.2, 0.25) is 0 Å². The Kier molecular flexibility index (Phi) is 6.19. The molecule has 0 fully saturated rings. The van der Waals surface area contributed by atoms with E-state index in [1.807, 2.05) is 19.9 Å². The molecule has 0 radical (unpaired) electrons. The summed E-state index contributed by atoms with van der Waals surface area (Å²) in [6, 6.07) is 20.8. The van der Waals surface area contributed by atoms with Crippen LogP contribution >= 0.6 is 0 Å². The molecule has 0 spiro atoms. The quantitative estimate of drug-likeness (QED) is 0.581. The second-order valence-corrected chi connectivity index (χ2v) is 9.84. The van der Waals surface area contributed by atoms with Crippen LogP contribution in [0.3, 0.4) is 0 Å². The largest absolute Gasteiger partial charge is 0.491 e. The number of hydrogen-bond acceptors (Lipinski definition) is 4. The van der Waals surface area contributed by atoms with Crippen LogP contribution in [0, 0.1) is 0 Å². The van der Waals surface area contributed by atoms with Gasteiger partial charge in [-0.3, -0.25) is 9.10 Å². The minimum Gasteiger partial charge on any atom is -0.491 e. The van der Waals surface area contributed by atoms with Gasteiger partial charge in [0.2, 0.25) is 0 Å². The number of carbonyl (C=O) groups is 1. The second kappa shape index (κ2) is 9.04. The van der Waals surface area contributed by atoms with E-state index in [0.717, 1.165) is 12.0 Å². The Labute approximate surface area is 188 Å². The predicted octanol–water partition coefficient (Wildman–Crippen LogP) is 4.87. The second-order valence-electron chi connectivity index (χ2n) is 7.98. The van der Waals surface area contributed by atoms with Gasteiger partial charge in [0.05, 0.1) is 16.7 Å². The fourth-order valence-corrected chi connectivity index (χ4v) is 5.33. The maximum atomic E-state index is 13.1. The van der Waals surface area contributed by atoms with Crippen molar-refractivity contribution < 1.29 is 17.9 Å². The molecule has 0 saturated heterocycles. The third kappa shape index (κ3) is 4.62. The number of sulfonamides is 1. The number of fused-ring (bicyclic) bond motifs is 1. The van der Waals surface area contributed by atoms with E-state index in [-0.39, 0.29) is 16.9 Å². The highest BCUT2D eigenvalue weighted by Crippen LogP contribution is 2.34. The Morgan fingerprint density at radius 3 is 2.41 bits per heavy atom. The lowest BCUT2D eigenvalue weighted by atomic mass is 10.0. The lowest BCUT2D eigenvalue weighted by Gasteiger charge is -2.30. The molecule has 1 aliphatic rings. The standard InChI is InChI=1S/C25H26N2O4S/c1-18(2)31-22-13-10-19(11-14-22)25(28)26-21-12-15-24-20(17-21)7-6-16-27(24)32(29,30)23-8-4-3-5-9-23/h3-5,8-15,17-18H,6-7,16H2,1-2H3,(H,26,28). The fraction of sp³-hybridized carbons (Fsp3) is 0.240. The summed E-state index contributed by atoms with van der Waals surface area (Å²) in [5.74, 6) is 0.482. The van der Waals surface area contributed by atoms with Gasteiger partial charge in [-0.15, -0.1) is 0 Å². The molecule has 4 rings (SSSR count). The van der Waals surface area contributed by atoms with E-state index in [1.165, 1.54) is 4.31 Å². The van der Waals surface area contributed by atoms with Gasteiger partial charge in [0.15, 0.2) is 0 Å². The maximum Gasteiger partial charge on any atom is 0.264 e. The zero-order valence-corrected chi connectivity index (χ0v) is 18.9. The Hall–Kier alpha value is -3.32. The summed E-state index contributed by atoms with van der Waals surface area (Å²) in [6.07, 6.45) is 1.53. The van der Waals surface area contributed by atoms with Gasteiger partial charge < -0.3 is 10.1 Å². The van der Waals surface area contributed by atoms with E-state index in [1.54, 1.807) is 66.7 Å². The number of nitrogens with one attached hydrogen (secondary N) is 1. The van der Waals surface area contributed by atoms with Gasteiger partial charge in [-0.25, -0.2) is 8.42 Å². The van der Waals surface area contributed by atoms with Gasteiger partial charge in [0.25, 0.3) is 15.9 Å². The first kappa shape index (κ1) is 21.9. The molecule has 0 unspecified atom stereocenters. The van der Waals surface area contributed by atoms with Gasteiger partial charge in [0, 0.05) is 17.8 Å². The van der Waals surface area contributed by atoms with Gasteiger partial charge >= 0.3 is 0 Å². The number of ether oxygens (including phenoxy) is 1. The van der Waals surface area contributed by atoms with Crippen LogP contribution < -0.4 is 14.4 Å². The molecule has 1 aliphatic heterocycles. The van der Waals surface area contributed by atoms with Crippen molar-refractivity contribution in [1.29, 1.82) is 0 Å². The number of rotatable bonds is 6. The van der Waals surface area contributed by atoms with Crippen molar-refractivity contribution in [3.63, 3.8) is 0 Å². The van der Waals surface area contributed by atoms with Crippen LogP contribution in [0.1, 0.15) is 36.2 Å². The molecule has 32 heavy (non-hydrogen) atoms. The number of carbonyl (C=O) groups excluding carboxylic acids is 1. The highest BCUT2D eigenvalue weighted by Gasteiger charge is 2.29. The molecule has 1 N–H and O–H groups in total. The van der Waals surface area contributed by atoms with E-state index < -0.39 is 10.0 Å². The van der Waals surface area contributed by atoms with Crippen LogP contribution in [0.5, 0.6) is 5.75 Å². The van der Waals surface area contributed by atoms with Crippen LogP contribution in [-0.4, -0.2) is 27.0 Å². The van der Waals surface area contributed by atoms with E-state index in [0.29, 0.717) is 35.7 Å². The molecular formula is C25H26N2O4S. The summed E-state index contributed by atoms with van der Waals surface area (Å²) < 4.78 is 33.3. The third-order valence-corrected chi connectivity index (χ3v) is 7.06. The molecule has 166 valence electrons. The lowest BCUT2D eigenvalue weighted by molar-refractivity contribution is 0.102. The third-order valence-electron chi connectivity index (χ3n) is 5.23. The monoisotopic (exact) mass is 450 g/mol. The Morgan fingerprint density at radius 2 is 1.72 bits per heavy atom. The van der Waals surface area contributed by atoms with Crippen LogP contribution in [-0.2, 0) is 16.4 Å². The van der Waals surface area contributed by atoms with Crippen molar-refractivity contribution >= 4 is 27.3 Å². The van der Waals surface area contributed by atoms with Gasteiger partial charge in [-0.1, -0.05) is 18.2 Å². The number of nitrogens with zero attached hydrogens (tertiary/aromatic N) is 1. The normalized spacial score (nSPS) is 13.5. The van der Waals surface area contributed by atoms with Crippen molar-refractivity contribution in [1.82, 2.24) is 0 Å². The van der Waals surface area contributed by atoms with Crippen LogP contribution in [0.4, 0.5) is 11.4 Å². The summed E-state index contributed by atoms with van der Waals surface area (Å²) in [5, 5.41) is 2.91. The van der Waals surface area contributed by atoms with E-state index in [4.69, 9.17) is 4.74 Å². The molecule has 0 bridgehead atoms. The number of hydrogen-bond donors (Lipinski definition) is 1. The summed E-state index contributed by atoms with van der Waals surface area (Å²) >= 11 is 0. The summed E-state index contributed by atoms with van der Waals surface area (Å²) in [7, 11) is -3.63. The summed E-state index contributed by atoms with van der Waals surface area (Å²) in [6.45, 7) is 4.33. The van der Waals surface area contributed by atoms with Crippen molar-refractivity contribution in [2.75, 3.05) is 16.2 Å². The number of aryl methyl sites for hydroxylation is 1. The van der Waals surface area contributed by atoms with Crippen molar-refractivity contribution in [3.8, 4) is 5.75 Å². The molecule has 0 atom stereocenters. The predicted molar refractivity (Wildman–Crippen MR) is 126 cm³/mol. The smallest absolute Gasteiger partial charge is 0.264 e. The summed E-state index contributed by atoms with van der Waals surface area (Å²) in [4.78, 5) is 12.9. The first-order valence-electron chi connectivity index (χ1n) is 10.6. The molecule has 0 aliphatic carbocycles. The molecule has 7 heteroatoms. The zero-order chi connectivity index (χ0) is 22.7. The van der Waals surface area contributed by atoms with Crippen LogP contribution in [0.15, 0.2) is 77.7 Å². The Balaban J connectivity index is 1.53. The average molecular weight is 451 g/mol. The first-order valence-corrected chi connectivity index (χ1v) is 12.1. The van der Waals surface area contributed by atoms with Crippen molar-refractivity contribution in [2.45, 2.75) is 37.7 Å². The van der Waals surface area contributed by atoms with Crippen molar-refractivity contribution in [3.05, 3.63) is 83.9 Å². The highest BCUT2D eigenvalue weighted by atomic mass is 32.2. The lowest BCUT2D eigenvalue weighted by Crippen LogP contribution is -2.35. The Morgan fingerprint density at radius 1 is 1.00 bits per heavy atom. The number of benzene rings is 3. The topological polar surface area (TPSA) is 75.7 Å². The van der Waals surface area contributed by atoms with Gasteiger partial charge in [-0.2, -0.15) is 0 Å². The molecule has 0 aromatic heterocycles. The fourth-order valence-electron chi connectivity index (χ4n) is 3.77. The summed E-state index contributed by atoms with van der Waals surface area (Å²) in [5.41, 5.74) is 2.71. The molecular weight excluding hydrogens is 424 g/mol. The van der Waals surface area contributed by atoms with Crippen LogP contribution in [0.25, 0.3) is 0 Å². The van der Waals surface area contributed by atoms with Gasteiger partial charge in [-0.05, 0) is 86.8 Å². The molecule has 3 aromatic rings. The number of amides is 1. The minimum atomic E-state index is -3.63.